The van der Waals surface area contributed by atoms with Gasteiger partial charge in [-0.2, -0.15) is 0 Å². The largest absolute Gasteiger partial charge is 0.493 e. The average Bonchev–Trinajstić information content (AvgIpc) is 2.60. The maximum absolute atomic E-state index is 13.1. The zero-order chi connectivity index (χ0) is 17.4. The molecular formula is C18H22FNO4. The van der Waals surface area contributed by atoms with Crippen LogP contribution in [0.4, 0.5) is 4.39 Å². The lowest BCUT2D eigenvalue weighted by atomic mass is 10.2. The first-order valence-electron chi connectivity index (χ1n) is 7.56. The number of hydrogen-bond acceptors (Lipinski definition) is 5. The normalized spacial score (nSPS) is 10.3. The van der Waals surface area contributed by atoms with Gasteiger partial charge in [0, 0.05) is 25.2 Å². The van der Waals surface area contributed by atoms with Crippen molar-refractivity contribution in [2.45, 2.75) is 6.54 Å². The van der Waals surface area contributed by atoms with Crippen LogP contribution in [0.5, 0.6) is 23.0 Å². The summed E-state index contributed by atoms with van der Waals surface area (Å²) in [5, 5.41) is 3.20. The zero-order valence-corrected chi connectivity index (χ0v) is 14.1. The van der Waals surface area contributed by atoms with Crippen LogP contribution in [0.15, 0.2) is 36.4 Å². The van der Waals surface area contributed by atoms with Crippen LogP contribution in [-0.4, -0.2) is 34.5 Å². The highest BCUT2D eigenvalue weighted by Crippen LogP contribution is 2.40. The molecule has 0 saturated carbocycles. The Morgan fingerprint density at radius 2 is 1.67 bits per heavy atom. The van der Waals surface area contributed by atoms with Gasteiger partial charge in [0.15, 0.2) is 11.5 Å². The fraction of sp³-hybridized carbons (Fsp3) is 0.333. The minimum Gasteiger partial charge on any atom is -0.493 e. The minimum absolute atomic E-state index is 0.233. The van der Waals surface area contributed by atoms with Crippen LogP contribution >= 0.6 is 0 Å². The topological polar surface area (TPSA) is 49.0 Å². The fourth-order valence-corrected chi connectivity index (χ4v) is 2.26. The van der Waals surface area contributed by atoms with Crippen LogP contribution in [0.2, 0.25) is 0 Å². The van der Waals surface area contributed by atoms with Crippen molar-refractivity contribution in [3.8, 4) is 23.0 Å². The Morgan fingerprint density at radius 1 is 0.958 bits per heavy atom. The summed E-state index contributed by atoms with van der Waals surface area (Å²) in [5.74, 6) is 2.00. The summed E-state index contributed by atoms with van der Waals surface area (Å²) in [4.78, 5) is 0. The van der Waals surface area contributed by atoms with Gasteiger partial charge in [0.25, 0.3) is 0 Å². The van der Waals surface area contributed by atoms with Crippen LogP contribution in [0.25, 0.3) is 0 Å². The Hall–Kier alpha value is -2.47. The molecule has 0 unspecified atom stereocenters. The van der Waals surface area contributed by atoms with Crippen LogP contribution in [0, 0.1) is 5.82 Å². The summed E-state index contributed by atoms with van der Waals surface area (Å²) in [6.45, 7) is 1.65. The minimum atomic E-state index is -0.233. The monoisotopic (exact) mass is 335 g/mol. The van der Waals surface area contributed by atoms with E-state index >= 15 is 0 Å². The SMILES string of the molecule is COc1cc(OCCNCc2cccc(F)c2)cc(OC)c1OC. The molecule has 0 aromatic heterocycles. The molecule has 0 fully saturated rings. The van der Waals surface area contributed by atoms with E-state index in [-0.39, 0.29) is 5.82 Å². The summed E-state index contributed by atoms with van der Waals surface area (Å²) < 4.78 is 34.6. The standard InChI is InChI=1S/C18H22FNO4/c1-21-16-10-15(11-17(22-2)18(16)23-3)24-8-7-20-12-13-5-4-6-14(19)9-13/h4-6,9-11,20H,7-8,12H2,1-3H3. The van der Waals surface area contributed by atoms with Gasteiger partial charge in [0.05, 0.1) is 21.3 Å². The summed E-state index contributed by atoms with van der Waals surface area (Å²) in [6.07, 6.45) is 0. The Morgan fingerprint density at radius 3 is 2.25 bits per heavy atom. The third-order valence-electron chi connectivity index (χ3n) is 3.40. The Balaban J connectivity index is 1.85. The van der Waals surface area contributed by atoms with Crippen LogP contribution in [0.1, 0.15) is 5.56 Å². The van der Waals surface area contributed by atoms with E-state index < -0.39 is 0 Å². The van der Waals surface area contributed by atoms with E-state index in [4.69, 9.17) is 18.9 Å². The molecule has 2 aromatic carbocycles. The van der Waals surface area contributed by atoms with Crippen molar-refractivity contribution in [3.05, 3.63) is 47.8 Å². The van der Waals surface area contributed by atoms with Gasteiger partial charge in [-0.05, 0) is 17.7 Å². The number of ether oxygens (including phenoxy) is 4. The molecule has 0 radical (unpaired) electrons. The summed E-state index contributed by atoms with van der Waals surface area (Å²) in [5.41, 5.74) is 0.891. The van der Waals surface area contributed by atoms with Crippen molar-refractivity contribution in [2.75, 3.05) is 34.5 Å². The van der Waals surface area contributed by atoms with Crippen molar-refractivity contribution in [1.82, 2.24) is 5.32 Å². The molecule has 6 heteroatoms. The number of benzene rings is 2. The molecule has 0 aliphatic carbocycles. The predicted octanol–water partition coefficient (Wildman–Crippen LogP) is 3.02. The van der Waals surface area contributed by atoms with E-state index in [0.717, 1.165) is 5.56 Å². The van der Waals surface area contributed by atoms with Crippen molar-refractivity contribution in [2.24, 2.45) is 0 Å². The van der Waals surface area contributed by atoms with E-state index in [0.29, 0.717) is 42.7 Å². The molecule has 0 saturated heterocycles. The van der Waals surface area contributed by atoms with E-state index in [1.54, 1.807) is 39.5 Å². The number of methoxy groups -OCH3 is 3. The molecule has 0 spiro atoms. The molecule has 0 aliphatic heterocycles. The maximum atomic E-state index is 13.1. The lowest BCUT2D eigenvalue weighted by molar-refractivity contribution is 0.297. The lowest BCUT2D eigenvalue weighted by Gasteiger charge is -2.14. The first-order valence-corrected chi connectivity index (χ1v) is 7.56. The van der Waals surface area contributed by atoms with E-state index in [1.807, 2.05) is 6.07 Å². The smallest absolute Gasteiger partial charge is 0.203 e. The van der Waals surface area contributed by atoms with Gasteiger partial charge in [-0.15, -0.1) is 0 Å². The molecule has 0 aliphatic rings. The Labute approximate surface area is 141 Å². The highest BCUT2D eigenvalue weighted by molar-refractivity contribution is 5.55. The molecule has 5 nitrogen and oxygen atoms in total. The van der Waals surface area contributed by atoms with Crippen LogP contribution in [0.3, 0.4) is 0 Å². The Kier molecular flexibility index (Phi) is 6.69. The average molecular weight is 335 g/mol. The van der Waals surface area contributed by atoms with Crippen molar-refractivity contribution < 1.29 is 23.3 Å². The second-order valence-electron chi connectivity index (χ2n) is 5.02. The molecule has 24 heavy (non-hydrogen) atoms. The number of halogens is 1. The van der Waals surface area contributed by atoms with Gasteiger partial charge in [-0.1, -0.05) is 12.1 Å². The first kappa shape index (κ1) is 17.9. The van der Waals surface area contributed by atoms with Gasteiger partial charge in [0.1, 0.15) is 18.2 Å². The Bertz CT molecular complexity index is 638. The van der Waals surface area contributed by atoms with E-state index in [1.165, 1.54) is 12.1 Å². The van der Waals surface area contributed by atoms with Crippen LogP contribution < -0.4 is 24.3 Å². The third kappa shape index (κ3) is 4.76. The summed E-state index contributed by atoms with van der Waals surface area (Å²) in [7, 11) is 4.67. The van der Waals surface area contributed by atoms with E-state index in [2.05, 4.69) is 5.32 Å². The molecule has 0 heterocycles. The fourth-order valence-electron chi connectivity index (χ4n) is 2.26. The summed E-state index contributed by atoms with van der Waals surface area (Å²) >= 11 is 0. The molecule has 0 amide bonds. The van der Waals surface area contributed by atoms with Crippen molar-refractivity contribution in [1.29, 1.82) is 0 Å². The van der Waals surface area contributed by atoms with E-state index in [9.17, 15) is 4.39 Å². The maximum Gasteiger partial charge on any atom is 0.203 e. The van der Waals surface area contributed by atoms with Gasteiger partial charge in [0.2, 0.25) is 5.75 Å². The lowest BCUT2D eigenvalue weighted by Crippen LogP contribution is -2.20. The number of hydrogen-bond donors (Lipinski definition) is 1. The summed E-state index contributed by atoms with van der Waals surface area (Å²) in [6, 6.07) is 9.99. The van der Waals surface area contributed by atoms with Crippen molar-refractivity contribution >= 4 is 0 Å². The molecule has 130 valence electrons. The molecular weight excluding hydrogens is 313 g/mol. The molecule has 0 atom stereocenters. The van der Waals surface area contributed by atoms with Gasteiger partial charge in [-0.3, -0.25) is 0 Å². The molecule has 2 aromatic rings. The second kappa shape index (κ2) is 8.98. The van der Waals surface area contributed by atoms with Crippen LogP contribution in [-0.2, 0) is 6.54 Å². The van der Waals surface area contributed by atoms with Gasteiger partial charge < -0.3 is 24.3 Å². The molecule has 1 N–H and O–H groups in total. The third-order valence-corrected chi connectivity index (χ3v) is 3.40. The quantitative estimate of drug-likeness (QED) is 0.714. The van der Waals surface area contributed by atoms with Gasteiger partial charge in [-0.25, -0.2) is 4.39 Å². The first-order chi connectivity index (χ1) is 11.7. The van der Waals surface area contributed by atoms with Gasteiger partial charge >= 0.3 is 0 Å². The number of nitrogens with one attached hydrogen (secondary N) is 1. The highest BCUT2D eigenvalue weighted by Gasteiger charge is 2.13. The molecule has 0 bridgehead atoms. The van der Waals surface area contributed by atoms with Crippen molar-refractivity contribution in [3.63, 3.8) is 0 Å². The highest BCUT2D eigenvalue weighted by atomic mass is 19.1. The second-order valence-corrected chi connectivity index (χ2v) is 5.02. The molecule has 2 rings (SSSR count). The zero-order valence-electron chi connectivity index (χ0n) is 14.1. The number of rotatable bonds is 9. The predicted molar refractivity (Wildman–Crippen MR) is 89.7 cm³/mol.